The molecule has 0 fully saturated rings. The zero-order valence-electron chi connectivity index (χ0n) is 15.1. The number of carbonyl (C=O) groups excluding carboxylic acids is 1. The van der Waals surface area contributed by atoms with E-state index in [0.29, 0.717) is 16.5 Å². The van der Waals surface area contributed by atoms with E-state index in [-0.39, 0.29) is 22.0 Å². The Kier molecular flexibility index (Phi) is 5.88. The lowest BCUT2D eigenvalue weighted by molar-refractivity contribution is -0.139. The molecular formula is C19H16Cl2N2O5S. The van der Waals surface area contributed by atoms with Crippen LogP contribution in [0.3, 0.4) is 0 Å². The number of nitrogens with one attached hydrogen (secondary N) is 1. The van der Waals surface area contributed by atoms with E-state index in [9.17, 15) is 23.1 Å². The maximum Gasteiger partial charge on any atom is 0.326 e. The van der Waals surface area contributed by atoms with Gasteiger partial charge >= 0.3 is 5.97 Å². The van der Waals surface area contributed by atoms with Gasteiger partial charge in [-0.15, -0.1) is 0 Å². The molecule has 0 saturated carbocycles. The maximum atomic E-state index is 12.6. The summed E-state index contributed by atoms with van der Waals surface area (Å²) in [4.78, 5) is 24.3. The van der Waals surface area contributed by atoms with Gasteiger partial charge in [0.15, 0.2) is 0 Å². The van der Waals surface area contributed by atoms with Crippen LogP contribution in [0.2, 0.25) is 10.0 Å². The van der Waals surface area contributed by atoms with Crippen molar-refractivity contribution in [2.45, 2.75) is 12.5 Å². The molecule has 1 atom stereocenters. The number of halogens is 2. The van der Waals surface area contributed by atoms with Crippen LogP contribution in [0.1, 0.15) is 15.9 Å². The predicted molar refractivity (Wildman–Crippen MR) is 111 cm³/mol. The monoisotopic (exact) mass is 454 g/mol. The molecule has 0 aliphatic rings. The van der Waals surface area contributed by atoms with Crippen molar-refractivity contribution in [2.75, 3.05) is 6.26 Å². The number of rotatable bonds is 6. The van der Waals surface area contributed by atoms with E-state index in [1.165, 1.54) is 18.3 Å². The third-order valence-corrected chi connectivity index (χ3v) is 5.98. The zero-order chi connectivity index (χ0) is 21.3. The van der Waals surface area contributed by atoms with Crippen LogP contribution in [0, 0.1) is 0 Å². The molecule has 0 spiro atoms. The summed E-state index contributed by atoms with van der Waals surface area (Å²) in [7, 11) is -3.59. The molecule has 0 aliphatic heterocycles. The molecule has 2 aromatic carbocycles. The number of carboxylic acid groups (broad SMARTS) is 1. The second-order valence-corrected chi connectivity index (χ2v) is 9.07. The number of aromatic nitrogens is 1. The smallest absolute Gasteiger partial charge is 0.326 e. The van der Waals surface area contributed by atoms with Crippen molar-refractivity contribution in [1.82, 2.24) is 9.29 Å². The van der Waals surface area contributed by atoms with Gasteiger partial charge in [-0.25, -0.2) is 17.2 Å². The number of amides is 1. The molecule has 0 aliphatic carbocycles. The van der Waals surface area contributed by atoms with Gasteiger partial charge in [0.05, 0.1) is 27.4 Å². The number of fused-ring (bicyclic) bond motifs is 1. The number of hydrogen-bond donors (Lipinski definition) is 2. The molecule has 152 valence electrons. The van der Waals surface area contributed by atoms with E-state index in [1.807, 2.05) is 0 Å². The van der Waals surface area contributed by atoms with E-state index in [4.69, 9.17) is 23.2 Å². The van der Waals surface area contributed by atoms with E-state index >= 15 is 0 Å². The molecule has 0 saturated heterocycles. The van der Waals surface area contributed by atoms with Crippen LogP contribution in [0.4, 0.5) is 0 Å². The first kappa shape index (κ1) is 21.2. The van der Waals surface area contributed by atoms with Crippen molar-refractivity contribution in [2.24, 2.45) is 0 Å². The van der Waals surface area contributed by atoms with Gasteiger partial charge in [-0.3, -0.25) is 4.79 Å². The molecule has 29 heavy (non-hydrogen) atoms. The Hall–Kier alpha value is -2.55. The minimum absolute atomic E-state index is 0.0272. The van der Waals surface area contributed by atoms with Crippen LogP contribution in [0.25, 0.3) is 10.9 Å². The van der Waals surface area contributed by atoms with Crippen molar-refractivity contribution in [3.05, 3.63) is 69.8 Å². The Labute approximate surface area is 176 Å². The molecular weight excluding hydrogens is 439 g/mol. The van der Waals surface area contributed by atoms with Gasteiger partial charge in [-0.05, 0) is 23.8 Å². The molecule has 0 bridgehead atoms. The van der Waals surface area contributed by atoms with Crippen molar-refractivity contribution >= 4 is 56.0 Å². The van der Waals surface area contributed by atoms with Crippen molar-refractivity contribution < 1.29 is 23.1 Å². The fraction of sp³-hybridized carbons (Fsp3) is 0.158. The number of para-hydroxylation sites is 1. The summed E-state index contributed by atoms with van der Waals surface area (Å²) in [6.07, 6.45) is 2.29. The molecule has 3 aromatic rings. The first-order valence-corrected chi connectivity index (χ1v) is 11.0. The Morgan fingerprint density at radius 1 is 1.10 bits per heavy atom. The van der Waals surface area contributed by atoms with Gasteiger partial charge in [0.1, 0.15) is 6.04 Å². The highest BCUT2D eigenvalue weighted by Crippen LogP contribution is 2.26. The molecule has 7 nitrogen and oxygen atoms in total. The summed E-state index contributed by atoms with van der Waals surface area (Å²) in [6, 6.07) is 9.90. The highest BCUT2D eigenvalue weighted by Gasteiger charge is 2.26. The maximum absolute atomic E-state index is 12.6. The van der Waals surface area contributed by atoms with E-state index in [1.54, 1.807) is 30.3 Å². The average Bonchev–Trinajstić information content (AvgIpc) is 3.00. The summed E-state index contributed by atoms with van der Waals surface area (Å²) < 4.78 is 25.2. The van der Waals surface area contributed by atoms with E-state index < -0.39 is 27.9 Å². The Bertz CT molecular complexity index is 1200. The lowest BCUT2D eigenvalue weighted by Crippen LogP contribution is -2.42. The van der Waals surface area contributed by atoms with Crippen LogP contribution in [-0.4, -0.2) is 41.7 Å². The van der Waals surface area contributed by atoms with Crippen molar-refractivity contribution in [1.29, 1.82) is 0 Å². The third kappa shape index (κ3) is 4.39. The molecule has 1 heterocycles. The molecule has 2 N–H and O–H groups in total. The number of nitrogens with zero attached hydrogens (tertiary/aromatic N) is 1. The number of hydrogen-bond acceptors (Lipinski definition) is 4. The quantitative estimate of drug-likeness (QED) is 0.594. The summed E-state index contributed by atoms with van der Waals surface area (Å²) in [5.41, 5.74) is 0.860. The van der Waals surface area contributed by atoms with Crippen molar-refractivity contribution in [3.63, 3.8) is 0 Å². The summed E-state index contributed by atoms with van der Waals surface area (Å²) in [5.74, 6) is -2.02. The molecule has 3 rings (SSSR count). The minimum Gasteiger partial charge on any atom is -0.480 e. The Morgan fingerprint density at radius 3 is 2.31 bits per heavy atom. The summed E-state index contributed by atoms with van der Waals surface area (Å²) >= 11 is 12.0. The summed E-state index contributed by atoms with van der Waals surface area (Å²) in [6.45, 7) is 0. The second kappa shape index (κ2) is 8.06. The first-order chi connectivity index (χ1) is 13.6. The van der Waals surface area contributed by atoms with Gasteiger partial charge in [0, 0.05) is 18.0 Å². The first-order valence-electron chi connectivity index (χ1n) is 8.36. The lowest BCUT2D eigenvalue weighted by Gasteiger charge is -2.15. The van der Waals surface area contributed by atoms with Crippen LogP contribution in [0.15, 0.2) is 48.7 Å². The number of benzene rings is 2. The number of aliphatic carboxylic acids is 1. The van der Waals surface area contributed by atoms with Crippen LogP contribution < -0.4 is 5.32 Å². The van der Waals surface area contributed by atoms with Gasteiger partial charge in [0.2, 0.25) is 10.0 Å². The Balaban J connectivity index is 1.97. The fourth-order valence-corrected chi connectivity index (χ4v) is 4.42. The highest BCUT2D eigenvalue weighted by molar-refractivity contribution is 7.89. The Morgan fingerprint density at radius 2 is 1.72 bits per heavy atom. The number of carbonyl (C=O) groups is 2. The van der Waals surface area contributed by atoms with Crippen LogP contribution in [0.5, 0.6) is 0 Å². The molecule has 1 unspecified atom stereocenters. The standard InChI is InChI=1S/C19H16Cl2N2O5S/c1-29(27,28)23-10-11(12-5-2-3-8-16(12)23)9-15(19(25)26)22-18(24)17-13(20)6-4-7-14(17)21/h2-8,10,15H,9H2,1H3,(H,22,24)(H,25,26). The molecule has 10 heteroatoms. The summed E-state index contributed by atoms with van der Waals surface area (Å²) in [5, 5.41) is 12.8. The topological polar surface area (TPSA) is 105 Å². The fourth-order valence-electron chi connectivity index (χ4n) is 3.02. The molecule has 0 radical (unpaired) electrons. The normalized spacial score (nSPS) is 12.7. The van der Waals surface area contributed by atoms with Crippen LogP contribution in [-0.2, 0) is 21.2 Å². The predicted octanol–water partition coefficient (Wildman–Crippen LogP) is 3.18. The number of carboxylic acids is 1. The minimum atomic E-state index is -3.59. The van der Waals surface area contributed by atoms with Crippen molar-refractivity contribution in [3.8, 4) is 0 Å². The largest absolute Gasteiger partial charge is 0.480 e. The second-order valence-electron chi connectivity index (χ2n) is 6.40. The van der Waals surface area contributed by atoms with E-state index in [2.05, 4.69) is 5.32 Å². The third-order valence-electron chi connectivity index (χ3n) is 4.34. The SMILES string of the molecule is CS(=O)(=O)n1cc(CC(NC(=O)c2c(Cl)cccc2Cl)C(=O)O)c2ccccc21. The van der Waals surface area contributed by atoms with Gasteiger partial charge < -0.3 is 10.4 Å². The van der Waals surface area contributed by atoms with E-state index in [0.717, 1.165) is 10.2 Å². The highest BCUT2D eigenvalue weighted by atomic mass is 35.5. The lowest BCUT2D eigenvalue weighted by atomic mass is 10.0. The van der Waals surface area contributed by atoms with Gasteiger partial charge in [-0.1, -0.05) is 47.5 Å². The van der Waals surface area contributed by atoms with Gasteiger partial charge in [0.25, 0.3) is 5.91 Å². The zero-order valence-corrected chi connectivity index (χ0v) is 17.4. The van der Waals surface area contributed by atoms with Crippen LogP contribution >= 0.6 is 23.2 Å². The molecule has 1 amide bonds. The average molecular weight is 455 g/mol. The molecule has 1 aromatic heterocycles. The van der Waals surface area contributed by atoms with Gasteiger partial charge in [-0.2, -0.15) is 0 Å².